The molecule has 1 amide bonds. The molecule has 1 aromatic carbocycles. The number of carbonyl (C=O) groups is 1. The molecular formula is C16H23ClN2O. The zero-order chi connectivity index (χ0) is 14.7. The number of hydrogen-bond acceptors (Lipinski definition) is 2. The molecule has 3 nitrogen and oxygen atoms in total. The van der Waals surface area contributed by atoms with E-state index in [1.165, 1.54) is 5.56 Å². The van der Waals surface area contributed by atoms with E-state index in [0.717, 1.165) is 24.5 Å². The first-order valence-corrected chi connectivity index (χ1v) is 7.58. The van der Waals surface area contributed by atoms with Gasteiger partial charge in [-0.3, -0.25) is 4.79 Å². The molecule has 0 radical (unpaired) electrons. The maximum absolute atomic E-state index is 11.9. The van der Waals surface area contributed by atoms with Gasteiger partial charge >= 0.3 is 0 Å². The first-order chi connectivity index (χ1) is 9.45. The van der Waals surface area contributed by atoms with E-state index in [2.05, 4.69) is 23.3 Å². The van der Waals surface area contributed by atoms with Gasteiger partial charge in [-0.05, 0) is 37.1 Å². The maximum atomic E-state index is 11.9. The van der Waals surface area contributed by atoms with E-state index in [0.29, 0.717) is 5.92 Å². The average Bonchev–Trinajstić information content (AvgIpc) is 2.37. The number of nitrogens with zero attached hydrogens (tertiary/aromatic N) is 1. The highest BCUT2D eigenvalue weighted by Crippen LogP contribution is 2.28. The second-order valence-corrected chi connectivity index (χ2v) is 6.51. The lowest BCUT2D eigenvalue weighted by Gasteiger charge is -2.36. The van der Waals surface area contributed by atoms with Crippen LogP contribution in [0.2, 0.25) is 5.02 Å². The highest BCUT2D eigenvalue weighted by Gasteiger charge is 2.27. The summed E-state index contributed by atoms with van der Waals surface area (Å²) in [5.74, 6) is 0.590. The number of likely N-dealkylation sites (N-methyl/N-ethyl adjacent to an activating group) is 1. The van der Waals surface area contributed by atoms with E-state index in [-0.39, 0.29) is 17.9 Å². The largest absolute Gasteiger partial charge is 0.352 e. The third-order valence-electron chi connectivity index (χ3n) is 3.82. The number of amides is 1. The average molecular weight is 295 g/mol. The van der Waals surface area contributed by atoms with Gasteiger partial charge in [0, 0.05) is 30.1 Å². The van der Waals surface area contributed by atoms with Gasteiger partial charge < -0.3 is 10.2 Å². The first kappa shape index (κ1) is 15.3. The van der Waals surface area contributed by atoms with E-state index >= 15 is 0 Å². The Labute approximate surface area is 126 Å². The smallest absolute Gasteiger partial charge is 0.222 e. The third-order valence-corrected chi connectivity index (χ3v) is 4.06. The van der Waals surface area contributed by atoms with Crippen LogP contribution in [0.5, 0.6) is 0 Å². The molecule has 4 heteroatoms. The topological polar surface area (TPSA) is 32.3 Å². The predicted octanol–water partition coefficient (Wildman–Crippen LogP) is 2.90. The molecule has 0 saturated carbocycles. The van der Waals surface area contributed by atoms with Crippen LogP contribution in [0, 0.1) is 5.92 Å². The number of carbonyl (C=O) groups excluding carboxylic acids is 1. The normalized spacial score (nSPS) is 23.9. The van der Waals surface area contributed by atoms with Crippen LogP contribution in [0.3, 0.4) is 0 Å². The molecule has 2 unspecified atom stereocenters. The molecule has 2 rings (SSSR count). The summed E-state index contributed by atoms with van der Waals surface area (Å²) in [5.41, 5.74) is 1.26. The second-order valence-electron chi connectivity index (χ2n) is 6.07. The number of halogens is 1. The highest BCUT2D eigenvalue weighted by molar-refractivity contribution is 6.30. The van der Waals surface area contributed by atoms with Crippen molar-refractivity contribution in [2.24, 2.45) is 5.92 Å². The summed E-state index contributed by atoms with van der Waals surface area (Å²) < 4.78 is 0. The van der Waals surface area contributed by atoms with Gasteiger partial charge in [0.05, 0.1) is 0 Å². The highest BCUT2D eigenvalue weighted by atomic mass is 35.5. The predicted molar refractivity (Wildman–Crippen MR) is 83.1 cm³/mol. The molecule has 1 aliphatic heterocycles. The lowest BCUT2D eigenvalue weighted by atomic mass is 9.88. The molecule has 0 aliphatic carbocycles. The van der Waals surface area contributed by atoms with E-state index in [4.69, 9.17) is 11.6 Å². The summed E-state index contributed by atoms with van der Waals surface area (Å²) in [6, 6.07) is 8.26. The summed E-state index contributed by atoms with van der Waals surface area (Å²) in [6.07, 6.45) is 0.975. The molecule has 1 aromatic rings. The van der Waals surface area contributed by atoms with Gasteiger partial charge in [0.2, 0.25) is 5.91 Å². The SMILES string of the molecule is CC(C)C(=O)NC1CC(c2cccc(Cl)c2)CN(C)C1. The number of benzene rings is 1. The van der Waals surface area contributed by atoms with Crippen LogP contribution in [0.1, 0.15) is 31.7 Å². The number of rotatable bonds is 3. The van der Waals surface area contributed by atoms with Crippen molar-refractivity contribution in [3.8, 4) is 0 Å². The Morgan fingerprint density at radius 2 is 2.15 bits per heavy atom. The van der Waals surface area contributed by atoms with Gasteiger partial charge in [-0.15, -0.1) is 0 Å². The standard InChI is InChI=1S/C16H23ClN2O/c1-11(2)16(20)18-15-8-13(9-19(3)10-15)12-5-4-6-14(17)7-12/h4-7,11,13,15H,8-10H2,1-3H3,(H,18,20). The van der Waals surface area contributed by atoms with Crippen LogP contribution in [0.4, 0.5) is 0 Å². The fraction of sp³-hybridized carbons (Fsp3) is 0.562. The van der Waals surface area contributed by atoms with Gasteiger partial charge in [-0.2, -0.15) is 0 Å². The molecule has 1 saturated heterocycles. The summed E-state index contributed by atoms with van der Waals surface area (Å²) >= 11 is 6.08. The van der Waals surface area contributed by atoms with Gasteiger partial charge in [0.15, 0.2) is 0 Å². The number of hydrogen-bond donors (Lipinski definition) is 1. The number of nitrogens with one attached hydrogen (secondary N) is 1. The van der Waals surface area contributed by atoms with Crippen LogP contribution in [-0.2, 0) is 4.79 Å². The molecule has 20 heavy (non-hydrogen) atoms. The van der Waals surface area contributed by atoms with Crippen molar-refractivity contribution in [3.05, 3.63) is 34.9 Å². The minimum atomic E-state index is 0.0341. The van der Waals surface area contributed by atoms with Crippen molar-refractivity contribution in [1.82, 2.24) is 10.2 Å². The van der Waals surface area contributed by atoms with Crippen molar-refractivity contribution < 1.29 is 4.79 Å². The minimum Gasteiger partial charge on any atom is -0.352 e. The first-order valence-electron chi connectivity index (χ1n) is 7.20. The van der Waals surface area contributed by atoms with E-state index in [1.807, 2.05) is 32.0 Å². The molecule has 0 spiro atoms. The van der Waals surface area contributed by atoms with Crippen molar-refractivity contribution in [2.75, 3.05) is 20.1 Å². The van der Waals surface area contributed by atoms with Crippen LogP contribution < -0.4 is 5.32 Å². The van der Waals surface area contributed by atoms with Crippen molar-refractivity contribution in [3.63, 3.8) is 0 Å². The lowest BCUT2D eigenvalue weighted by Crippen LogP contribution is -2.49. The third kappa shape index (κ3) is 3.97. The fourth-order valence-corrected chi connectivity index (χ4v) is 2.99. The number of piperidine rings is 1. The quantitative estimate of drug-likeness (QED) is 0.930. The molecule has 1 aliphatic rings. The Hall–Kier alpha value is -1.06. The molecular weight excluding hydrogens is 272 g/mol. The molecule has 2 atom stereocenters. The summed E-state index contributed by atoms with van der Waals surface area (Å²) in [7, 11) is 2.10. The fourth-order valence-electron chi connectivity index (χ4n) is 2.79. The Balaban J connectivity index is 2.06. The van der Waals surface area contributed by atoms with Gasteiger partial charge in [-0.1, -0.05) is 37.6 Å². The summed E-state index contributed by atoms with van der Waals surface area (Å²) in [6.45, 7) is 5.77. The maximum Gasteiger partial charge on any atom is 0.222 e. The van der Waals surface area contributed by atoms with Crippen LogP contribution in [0.25, 0.3) is 0 Å². The van der Waals surface area contributed by atoms with E-state index < -0.39 is 0 Å². The second kappa shape index (κ2) is 6.59. The van der Waals surface area contributed by atoms with E-state index in [1.54, 1.807) is 0 Å². The minimum absolute atomic E-state index is 0.0341. The Morgan fingerprint density at radius 3 is 2.80 bits per heavy atom. The van der Waals surface area contributed by atoms with Gasteiger partial charge in [0.1, 0.15) is 0 Å². The molecule has 0 bridgehead atoms. The summed E-state index contributed by atoms with van der Waals surface area (Å²) in [4.78, 5) is 14.1. The monoisotopic (exact) mass is 294 g/mol. The van der Waals surface area contributed by atoms with Crippen LogP contribution >= 0.6 is 11.6 Å². The van der Waals surface area contributed by atoms with Crippen LogP contribution in [0.15, 0.2) is 24.3 Å². The number of likely N-dealkylation sites (tertiary alicyclic amines) is 1. The lowest BCUT2D eigenvalue weighted by molar-refractivity contribution is -0.125. The zero-order valence-electron chi connectivity index (χ0n) is 12.4. The van der Waals surface area contributed by atoms with Crippen LogP contribution in [-0.4, -0.2) is 37.0 Å². The Bertz CT molecular complexity index is 475. The van der Waals surface area contributed by atoms with E-state index in [9.17, 15) is 4.79 Å². The Morgan fingerprint density at radius 1 is 1.40 bits per heavy atom. The van der Waals surface area contributed by atoms with Crippen molar-refractivity contribution in [2.45, 2.75) is 32.2 Å². The molecule has 0 aromatic heterocycles. The van der Waals surface area contributed by atoms with Crippen molar-refractivity contribution in [1.29, 1.82) is 0 Å². The molecule has 1 heterocycles. The molecule has 1 fully saturated rings. The van der Waals surface area contributed by atoms with Gasteiger partial charge in [0.25, 0.3) is 0 Å². The summed E-state index contributed by atoms with van der Waals surface area (Å²) in [5, 5.41) is 3.93. The Kier molecular flexibility index (Phi) is 5.06. The molecule has 1 N–H and O–H groups in total. The van der Waals surface area contributed by atoms with Gasteiger partial charge in [-0.25, -0.2) is 0 Å². The van der Waals surface area contributed by atoms with Crippen molar-refractivity contribution >= 4 is 17.5 Å². The molecule has 110 valence electrons. The zero-order valence-corrected chi connectivity index (χ0v) is 13.2.